The lowest BCUT2D eigenvalue weighted by molar-refractivity contribution is 0.0526. The van der Waals surface area contributed by atoms with E-state index in [1.165, 1.54) is 12.1 Å². The molecule has 20 heavy (non-hydrogen) atoms. The highest BCUT2D eigenvalue weighted by Gasteiger charge is 2.13. The van der Waals surface area contributed by atoms with Gasteiger partial charge in [-0.15, -0.1) is 0 Å². The van der Waals surface area contributed by atoms with Crippen LogP contribution >= 0.6 is 0 Å². The van der Waals surface area contributed by atoms with Crippen LogP contribution in [-0.2, 0) is 4.74 Å². The number of carboxylic acid groups (broad SMARTS) is 1. The Labute approximate surface area is 116 Å². The fourth-order valence-corrected chi connectivity index (χ4v) is 1.91. The van der Waals surface area contributed by atoms with Gasteiger partial charge in [-0.1, -0.05) is 30.3 Å². The van der Waals surface area contributed by atoms with E-state index in [0.29, 0.717) is 12.2 Å². The standard InChI is InChI=1S/C16H14O4/c1-2-20-16(19)14-6-4-3-5-13(14)11-7-9-12(10-8-11)15(17)18/h3-10H,2H2,1H3,(H,17,18). The van der Waals surface area contributed by atoms with E-state index >= 15 is 0 Å². The maximum absolute atomic E-state index is 11.9. The molecule has 2 rings (SSSR count). The molecule has 2 aromatic carbocycles. The van der Waals surface area contributed by atoms with Gasteiger partial charge in [0.15, 0.2) is 0 Å². The van der Waals surface area contributed by atoms with Gasteiger partial charge in [0.25, 0.3) is 0 Å². The van der Waals surface area contributed by atoms with Crippen LogP contribution in [0.4, 0.5) is 0 Å². The van der Waals surface area contributed by atoms with E-state index in [1.54, 1.807) is 31.2 Å². The van der Waals surface area contributed by atoms with Crippen molar-refractivity contribution in [3.05, 3.63) is 59.7 Å². The van der Waals surface area contributed by atoms with Gasteiger partial charge in [-0.25, -0.2) is 9.59 Å². The molecule has 2 aromatic rings. The lowest BCUT2D eigenvalue weighted by atomic mass is 9.99. The molecular weight excluding hydrogens is 256 g/mol. The lowest BCUT2D eigenvalue weighted by Gasteiger charge is -2.09. The average molecular weight is 270 g/mol. The van der Waals surface area contributed by atoms with Gasteiger partial charge in [0.05, 0.1) is 17.7 Å². The van der Waals surface area contributed by atoms with Crippen LogP contribution in [0.15, 0.2) is 48.5 Å². The Kier molecular flexibility index (Phi) is 4.15. The predicted octanol–water partition coefficient (Wildman–Crippen LogP) is 3.23. The summed E-state index contributed by atoms with van der Waals surface area (Å²) in [7, 11) is 0. The smallest absolute Gasteiger partial charge is 0.338 e. The quantitative estimate of drug-likeness (QED) is 0.866. The van der Waals surface area contributed by atoms with E-state index in [2.05, 4.69) is 0 Å². The minimum atomic E-state index is -0.977. The zero-order chi connectivity index (χ0) is 14.5. The topological polar surface area (TPSA) is 63.6 Å². The average Bonchev–Trinajstić information content (AvgIpc) is 2.47. The van der Waals surface area contributed by atoms with Crippen LogP contribution in [0.1, 0.15) is 27.6 Å². The Hall–Kier alpha value is -2.62. The second-order valence-corrected chi connectivity index (χ2v) is 4.15. The van der Waals surface area contributed by atoms with Crippen LogP contribution in [-0.4, -0.2) is 23.7 Å². The third kappa shape index (κ3) is 2.85. The van der Waals surface area contributed by atoms with Crippen LogP contribution in [0.25, 0.3) is 11.1 Å². The van der Waals surface area contributed by atoms with Crippen LogP contribution in [0, 0.1) is 0 Å². The molecule has 0 saturated carbocycles. The Bertz CT molecular complexity index is 629. The first-order valence-corrected chi connectivity index (χ1v) is 6.23. The van der Waals surface area contributed by atoms with Crippen molar-refractivity contribution in [3.8, 4) is 11.1 Å². The fraction of sp³-hybridized carbons (Fsp3) is 0.125. The van der Waals surface area contributed by atoms with E-state index < -0.39 is 5.97 Å². The summed E-state index contributed by atoms with van der Waals surface area (Å²) in [5, 5.41) is 8.88. The molecule has 0 unspecified atom stereocenters. The minimum Gasteiger partial charge on any atom is -0.478 e. The molecule has 0 aliphatic rings. The molecule has 0 radical (unpaired) electrons. The molecule has 0 aromatic heterocycles. The number of hydrogen-bond donors (Lipinski definition) is 1. The molecule has 0 atom stereocenters. The Morgan fingerprint density at radius 1 is 1.05 bits per heavy atom. The van der Waals surface area contributed by atoms with Gasteiger partial charge in [-0.2, -0.15) is 0 Å². The molecule has 0 amide bonds. The van der Waals surface area contributed by atoms with E-state index in [4.69, 9.17) is 9.84 Å². The van der Waals surface area contributed by atoms with Crippen molar-refractivity contribution in [3.63, 3.8) is 0 Å². The molecule has 0 saturated heterocycles. The highest BCUT2D eigenvalue weighted by atomic mass is 16.5. The van der Waals surface area contributed by atoms with E-state index in [0.717, 1.165) is 11.1 Å². The lowest BCUT2D eigenvalue weighted by Crippen LogP contribution is -2.06. The van der Waals surface area contributed by atoms with Gasteiger partial charge in [0.1, 0.15) is 0 Å². The van der Waals surface area contributed by atoms with Crippen molar-refractivity contribution >= 4 is 11.9 Å². The van der Waals surface area contributed by atoms with E-state index in [-0.39, 0.29) is 11.5 Å². The van der Waals surface area contributed by atoms with Crippen molar-refractivity contribution in [1.29, 1.82) is 0 Å². The molecule has 0 spiro atoms. The number of benzene rings is 2. The first kappa shape index (κ1) is 13.8. The molecule has 1 N–H and O–H groups in total. The van der Waals surface area contributed by atoms with Crippen LogP contribution in [0.5, 0.6) is 0 Å². The molecule has 4 nitrogen and oxygen atoms in total. The van der Waals surface area contributed by atoms with Crippen molar-refractivity contribution in [2.75, 3.05) is 6.61 Å². The summed E-state index contributed by atoms with van der Waals surface area (Å²) < 4.78 is 5.02. The molecule has 0 heterocycles. The summed E-state index contributed by atoms with van der Waals surface area (Å²) in [5.41, 5.74) is 2.18. The number of carbonyl (C=O) groups is 2. The van der Waals surface area contributed by atoms with Crippen molar-refractivity contribution in [1.82, 2.24) is 0 Å². The Morgan fingerprint density at radius 3 is 2.30 bits per heavy atom. The number of aromatic carboxylic acids is 1. The molecule has 0 aliphatic carbocycles. The van der Waals surface area contributed by atoms with Gasteiger partial charge in [0, 0.05) is 0 Å². The number of carboxylic acids is 1. The predicted molar refractivity (Wildman–Crippen MR) is 74.8 cm³/mol. The van der Waals surface area contributed by atoms with Crippen molar-refractivity contribution < 1.29 is 19.4 Å². The maximum Gasteiger partial charge on any atom is 0.338 e. The number of rotatable bonds is 4. The highest BCUT2D eigenvalue weighted by molar-refractivity contribution is 5.97. The molecule has 0 fully saturated rings. The molecule has 102 valence electrons. The minimum absolute atomic E-state index is 0.211. The van der Waals surface area contributed by atoms with Gasteiger partial charge >= 0.3 is 11.9 Å². The summed E-state index contributed by atoms with van der Waals surface area (Å²) in [5.74, 6) is -1.36. The normalized spacial score (nSPS) is 10.1. The first-order chi connectivity index (χ1) is 9.63. The second-order valence-electron chi connectivity index (χ2n) is 4.15. The first-order valence-electron chi connectivity index (χ1n) is 6.23. The molecule has 0 bridgehead atoms. The highest BCUT2D eigenvalue weighted by Crippen LogP contribution is 2.24. The summed E-state index contributed by atoms with van der Waals surface area (Å²) in [6.45, 7) is 2.06. The van der Waals surface area contributed by atoms with Crippen molar-refractivity contribution in [2.45, 2.75) is 6.92 Å². The SMILES string of the molecule is CCOC(=O)c1ccccc1-c1ccc(C(=O)O)cc1. The summed E-state index contributed by atoms with van der Waals surface area (Å²) in [6, 6.07) is 13.5. The maximum atomic E-state index is 11.9. The number of hydrogen-bond acceptors (Lipinski definition) is 3. The van der Waals surface area contributed by atoms with Crippen LogP contribution < -0.4 is 0 Å². The van der Waals surface area contributed by atoms with Gasteiger partial charge in [-0.3, -0.25) is 0 Å². The monoisotopic (exact) mass is 270 g/mol. The van der Waals surface area contributed by atoms with Crippen LogP contribution in [0.3, 0.4) is 0 Å². The third-order valence-electron chi connectivity index (χ3n) is 2.87. The van der Waals surface area contributed by atoms with E-state index in [9.17, 15) is 9.59 Å². The molecule has 0 aliphatic heterocycles. The summed E-state index contributed by atoms with van der Waals surface area (Å²) in [6.07, 6.45) is 0. The summed E-state index contributed by atoms with van der Waals surface area (Å²) in [4.78, 5) is 22.7. The zero-order valence-electron chi connectivity index (χ0n) is 11.0. The zero-order valence-corrected chi connectivity index (χ0v) is 11.0. The molecular formula is C16H14O4. The number of esters is 1. The van der Waals surface area contributed by atoms with Gasteiger partial charge < -0.3 is 9.84 Å². The number of carbonyl (C=O) groups excluding carboxylic acids is 1. The van der Waals surface area contributed by atoms with Crippen LogP contribution in [0.2, 0.25) is 0 Å². The summed E-state index contributed by atoms with van der Waals surface area (Å²) >= 11 is 0. The third-order valence-corrected chi connectivity index (χ3v) is 2.87. The number of ether oxygens (including phenoxy) is 1. The Balaban J connectivity index is 2.42. The van der Waals surface area contributed by atoms with Gasteiger partial charge in [0.2, 0.25) is 0 Å². The second kappa shape index (κ2) is 6.02. The molecule has 4 heteroatoms. The van der Waals surface area contributed by atoms with E-state index in [1.807, 2.05) is 12.1 Å². The fourth-order valence-electron chi connectivity index (χ4n) is 1.91. The van der Waals surface area contributed by atoms with Crippen molar-refractivity contribution in [2.24, 2.45) is 0 Å². The largest absolute Gasteiger partial charge is 0.478 e. The Morgan fingerprint density at radius 2 is 1.70 bits per heavy atom. The van der Waals surface area contributed by atoms with Gasteiger partial charge in [-0.05, 0) is 36.2 Å².